The first-order chi connectivity index (χ1) is 8.85. The number of hydrogen-bond donors (Lipinski definition) is 0. The summed E-state index contributed by atoms with van der Waals surface area (Å²) in [4.78, 5) is 14.0. The van der Waals surface area contributed by atoms with Crippen molar-refractivity contribution in [2.75, 3.05) is 7.05 Å². The second kappa shape index (κ2) is 6.08. The predicted molar refractivity (Wildman–Crippen MR) is 76.6 cm³/mol. The fourth-order valence-corrected chi connectivity index (χ4v) is 1.93. The van der Waals surface area contributed by atoms with E-state index in [1.807, 2.05) is 26.0 Å². The zero-order valence-electron chi connectivity index (χ0n) is 11.8. The number of carbonyl (C=O) groups excluding carboxylic acids is 1. The minimum atomic E-state index is -0.963. The second-order valence-electron chi connectivity index (χ2n) is 4.94. The van der Waals surface area contributed by atoms with Gasteiger partial charge in [0.25, 0.3) is 0 Å². The summed E-state index contributed by atoms with van der Waals surface area (Å²) in [5.41, 5.74) is 0.0340. The average Bonchev–Trinajstić information content (AvgIpc) is 2.44. The van der Waals surface area contributed by atoms with E-state index in [1.54, 1.807) is 31.0 Å². The van der Waals surface area contributed by atoms with Crippen molar-refractivity contribution in [3.05, 3.63) is 34.9 Å². The summed E-state index contributed by atoms with van der Waals surface area (Å²) < 4.78 is 0. The van der Waals surface area contributed by atoms with Crippen LogP contribution in [0.4, 0.5) is 0 Å². The molecule has 1 aromatic carbocycles. The summed E-state index contributed by atoms with van der Waals surface area (Å²) in [5, 5.41) is 9.85. The van der Waals surface area contributed by atoms with Gasteiger partial charge in [0.15, 0.2) is 0 Å². The lowest BCUT2D eigenvalue weighted by molar-refractivity contribution is -0.139. The molecule has 1 rings (SSSR count). The van der Waals surface area contributed by atoms with Gasteiger partial charge >= 0.3 is 0 Å². The molecule has 0 aliphatic carbocycles. The van der Waals surface area contributed by atoms with E-state index in [-0.39, 0.29) is 11.9 Å². The van der Waals surface area contributed by atoms with Gasteiger partial charge in [0.2, 0.25) is 5.91 Å². The number of amides is 1. The van der Waals surface area contributed by atoms with Crippen LogP contribution in [0, 0.1) is 16.7 Å². The van der Waals surface area contributed by atoms with Crippen LogP contribution in [0.5, 0.6) is 0 Å². The molecule has 102 valence electrons. The molecule has 0 spiro atoms. The van der Waals surface area contributed by atoms with Crippen molar-refractivity contribution in [2.45, 2.75) is 33.2 Å². The molecule has 0 aliphatic heterocycles. The minimum absolute atomic E-state index is 0.0935. The van der Waals surface area contributed by atoms with E-state index in [0.717, 1.165) is 5.56 Å². The Labute approximate surface area is 119 Å². The molecule has 4 heteroatoms. The molecule has 0 aliphatic rings. The third-order valence-electron chi connectivity index (χ3n) is 3.68. The van der Waals surface area contributed by atoms with Gasteiger partial charge in [0, 0.05) is 12.1 Å². The van der Waals surface area contributed by atoms with Crippen LogP contribution in [-0.2, 0) is 4.79 Å². The van der Waals surface area contributed by atoms with Crippen LogP contribution >= 0.6 is 11.6 Å². The lowest BCUT2D eigenvalue weighted by Gasteiger charge is -2.31. The van der Waals surface area contributed by atoms with E-state index in [4.69, 9.17) is 11.6 Å². The number of rotatable bonds is 4. The van der Waals surface area contributed by atoms with Crippen LogP contribution in [0.15, 0.2) is 24.3 Å². The van der Waals surface area contributed by atoms with Crippen molar-refractivity contribution in [1.82, 2.24) is 4.90 Å². The highest BCUT2D eigenvalue weighted by Crippen LogP contribution is 2.28. The lowest BCUT2D eigenvalue weighted by Crippen LogP contribution is -2.40. The van der Waals surface area contributed by atoms with Crippen molar-refractivity contribution >= 4 is 17.5 Å². The Morgan fingerprint density at radius 1 is 1.47 bits per heavy atom. The zero-order chi connectivity index (χ0) is 14.6. The quantitative estimate of drug-likeness (QED) is 0.841. The Morgan fingerprint density at radius 3 is 2.42 bits per heavy atom. The molecule has 0 bridgehead atoms. The highest BCUT2D eigenvalue weighted by atomic mass is 35.5. The summed E-state index contributed by atoms with van der Waals surface area (Å²) >= 11 is 5.85. The van der Waals surface area contributed by atoms with Gasteiger partial charge in [-0.2, -0.15) is 5.26 Å². The first-order valence-electron chi connectivity index (χ1n) is 6.29. The molecule has 0 fully saturated rings. The van der Waals surface area contributed by atoms with Crippen LogP contribution in [0.2, 0.25) is 5.02 Å². The SMILES string of the molecule is CCC(C)(C#N)C(=O)N(C)C(C)c1ccc(Cl)cc1. The van der Waals surface area contributed by atoms with E-state index in [1.165, 1.54) is 0 Å². The van der Waals surface area contributed by atoms with Gasteiger partial charge in [-0.1, -0.05) is 30.7 Å². The monoisotopic (exact) mass is 278 g/mol. The van der Waals surface area contributed by atoms with Crippen molar-refractivity contribution in [3.63, 3.8) is 0 Å². The molecule has 3 nitrogen and oxygen atoms in total. The smallest absolute Gasteiger partial charge is 0.242 e. The maximum atomic E-state index is 12.4. The molecule has 0 aromatic heterocycles. The van der Waals surface area contributed by atoms with Gasteiger partial charge in [0.1, 0.15) is 5.41 Å². The predicted octanol–water partition coefficient (Wildman–Crippen LogP) is 3.80. The normalized spacial score (nSPS) is 15.2. The molecule has 0 radical (unpaired) electrons. The number of carbonyl (C=O) groups is 1. The van der Waals surface area contributed by atoms with Crippen LogP contribution in [-0.4, -0.2) is 17.9 Å². The Morgan fingerprint density at radius 2 is 2.00 bits per heavy atom. The Balaban J connectivity index is 2.94. The number of nitriles is 1. The van der Waals surface area contributed by atoms with E-state index in [0.29, 0.717) is 11.4 Å². The molecule has 0 N–H and O–H groups in total. The molecule has 0 saturated heterocycles. The average molecular weight is 279 g/mol. The van der Waals surface area contributed by atoms with E-state index in [9.17, 15) is 10.1 Å². The summed E-state index contributed by atoms with van der Waals surface area (Å²) in [6.45, 7) is 5.47. The third-order valence-corrected chi connectivity index (χ3v) is 3.93. The molecule has 2 atom stereocenters. The molecule has 1 amide bonds. The van der Waals surface area contributed by atoms with Gasteiger partial charge < -0.3 is 4.90 Å². The zero-order valence-corrected chi connectivity index (χ0v) is 12.5. The second-order valence-corrected chi connectivity index (χ2v) is 5.38. The number of halogens is 1. The topological polar surface area (TPSA) is 44.1 Å². The fourth-order valence-electron chi connectivity index (χ4n) is 1.81. The van der Waals surface area contributed by atoms with E-state index in [2.05, 4.69) is 6.07 Å². The van der Waals surface area contributed by atoms with Gasteiger partial charge in [-0.15, -0.1) is 0 Å². The molecule has 0 saturated carbocycles. The maximum absolute atomic E-state index is 12.4. The first-order valence-corrected chi connectivity index (χ1v) is 6.67. The summed E-state index contributed by atoms with van der Waals surface area (Å²) in [5.74, 6) is -0.153. The van der Waals surface area contributed by atoms with Gasteiger partial charge in [0.05, 0.1) is 12.1 Å². The van der Waals surface area contributed by atoms with Crippen molar-refractivity contribution in [2.24, 2.45) is 5.41 Å². The Kier molecular flexibility index (Phi) is 4.97. The summed E-state index contributed by atoms with van der Waals surface area (Å²) in [6.07, 6.45) is 0.500. The standard InChI is InChI=1S/C15H19ClN2O/c1-5-15(3,10-17)14(19)18(4)11(2)12-6-8-13(16)9-7-12/h6-9,11H,5H2,1-4H3. The van der Waals surface area contributed by atoms with Crippen LogP contribution in [0.25, 0.3) is 0 Å². The highest BCUT2D eigenvalue weighted by molar-refractivity contribution is 6.30. The first kappa shape index (κ1) is 15.5. The van der Waals surface area contributed by atoms with Gasteiger partial charge in [-0.05, 0) is 38.0 Å². The summed E-state index contributed by atoms with van der Waals surface area (Å²) in [7, 11) is 1.73. The highest BCUT2D eigenvalue weighted by Gasteiger charge is 2.35. The van der Waals surface area contributed by atoms with Crippen molar-refractivity contribution in [1.29, 1.82) is 5.26 Å². The van der Waals surface area contributed by atoms with Crippen LogP contribution in [0.3, 0.4) is 0 Å². The molecule has 1 aromatic rings. The number of benzene rings is 1. The summed E-state index contributed by atoms with van der Waals surface area (Å²) in [6, 6.07) is 9.41. The maximum Gasteiger partial charge on any atom is 0.242 e. The van der Waals surface area contributed by atoms with Crippen LogP contribution in [0.1, 0.15) is 38.8 Å². The molecule has 19 heavy (non-hydrogen) atoms. The van der Waals surface area contributed by atoms with E-state index < -0.39 is 5.41 Å². The van der Waals surface area contributed by atoms with Gasteiger partial charge in [-0.3, -0.25) is 4.79 Å². The van der Waals surface area contributed by atoms with Crippen molar-refractivity contribution in [3.8, 4) is 6.07 Å². The Bertz CT molecular complexity index is 492. The Hall–Kier alpha value is -1.53. The minimum Gasteiger partial charge on any atom is -0.338 e. The fraction of sp³-hybridized carbons (Fsp3) is 0.467. The lowest BCUT2D eigenvalue weighted by atomic mass is 9.87. The van der Waals surface area contributed by atoms with Gasteiger partial charge in [-0.25, -0.2) is 0 Å². The largest absolute Gasteiger partial charge is 0.338 e. The molecule has 2 unspecified atom stereocenters. The third kappa shape index (κ3) is 3.27. The number of nitrogens with zero attached hydrogens (tertiary/aromatic N) is 2. The molecular formula is C15H19ClN2O. The van der Waals surface area contributed by atoms with E-state index >= 15 is 0 Å². The van der Waals surface area contributed by atoms with Crippen LogP contribution < -0.4 is 0 Å². The molecular weight excluding hydrogens is 260 g/mol. The number of hydrogen-bond acceptors (Lipinski definition) is 2. The molecule has 0 heterocycles. The van der Waals surface area contributed by atoms with Crippen molar-refractivity contribution < 1.29 is 4.79 Å².